The van der Waals surface area contributed by atoms with Crippen LogP contribution in [0.15, 0.2) is 42.7 Å². The van der Waals surface area contributed by atoms with Crippen LogP contribution in [-0.4, -0.2) is 11.0 Å². The summed E-state index contributed by atoms with van der Waals surface area (Å²) in [5.41, 5.74) is 1.88. The van der Waals surface area contributed by atoms with E-state index in [-0.39, 0.29) is 5.97 Å². The smallest absolute Gasteiger partial charge is 0.343 e. The van der Waals surface area contributed by atoms with Crippen LogP contribution in [0.4, 0.5) is 0 Å². The van der Waals surface area contributed by atoms with E-state index in [1.165, 1.54) is 69.3 Å². The van der Waals surface area contributed by atoms with E-state index in [0.29, 0.717) is 22.3 Å². The minimum atomic E-state index is -0.384. The van der Waals surface area contributed by atoms with Gasteiger partial charge in [-0.2, -0.15) is 0 Å². The molecule has 1 aliphatic rings. The summed E-state index contributed by atoms with van der Waals surface area (Å²) in [6, 6.07) is 9.47. The van der Waals surface area contributed by atoms with Crippen LogP contribution in [0, 0.1) is 5.92 Å². The van der Waals surface area contributed by atoms with E-state index >= 15 is 0 Å². The number of nitrogens with zero attached hydrogens (tertiary/aromatic N) is 1. The van der Waals surface area contributed by atoms with E-state index in [2.05, 4.69) is 24.0 Å². The van der Waals surface area contributed by atoms with Gasteiger partial charge in [-0.25, -0.2) is 4.79 Å². The maximum Gasteiger partial charge on any atom is 0.343 e. The lowest BCUT2D eigenvalue weighted by atomic mass is 9.77. The van der Waals surface area contributed by atoms with Crippen LogP contribution in [0.25, 0.3) is 0 Å². The van der Waals surface area contributed by atoms with E-state index in [4.69, 9.17) is 16.3 Å². The van der Waals surface area contributed by atoms with Gasteiger partial charge in [-0.05, 0) is 55.2 Å². The van der Waals surface area contributed by atoms with Crippen LogP contribution < -0.4 is 4.74 Å². The summed E-state index contributed by atoms with van der Waals surface area (Å²) in [6.45, 7) is 2.27. The fourth-order valence-corrected chi connectivity index (χ4v) is 4.14. The Morgan fingerprint density at radius 3 is 2.52 bits per heavy atom. The number of carbonyl (C=O) groups is 1. The number of hydrogen-bond acceptors (Lipinski definition) is 3. The van der Waals surface area contributed by atoms with Crippen molar-refractivity contribution in [3.8, 4) is 5.75 Å². The van der Waals surface area contributed by atoms with Crippen molar-refractivity contribution >= 4 is 17.6 Å². The van der Waals surface area contributed by atoms with Gasteiger partial charge in [0.2, 0.25) is 0 Å². The van der Waals surface area contributed by atoms with Crippen LogP contribution in [-0.2, 0) is 0 Å². The summed E-state index contributed by atoms with van der Waals surface area (Å²) in [4.78, 5) is 16.2. The van der Waals surface area contributed by atoms with Crippen LogP contribution in [0.3, 0.4) is 0 Å². The number of halogens is 1. The minimum Gasteiger partial charge on any atom is -0.421 e. The highest BCUT2D eigenvalue weighted by Gasteiger charge is 2.22. The van der Waals surface area contributed by atoms with E-state index in [9.17, 15) is 4.79 Å². The topological polar surface area (TPSA) is 39.2 Å². The second-order valence-electron chi connectivity index (χ2n) is 7.56. The molecule has 0 bridgehead atoms. The first-order valence-electron chi connectivity index (χ1n) is 10.1. The molecule has 1 aromatic heterocycles. The summed E-state index contributed by atoms with van der Waals surface area (Å²) in [7, 11) is 0. The molecule has 4 heteroatoms. The molecule has 0 atom stereocenters. The third-order valence-electron chi connectivity index (χ3n) is 5.57. The fraction of sp³-hybridized carbons (Fsp3) is 0.478. The monoisotopic (exact) mass is 385 g/mol. The lowest BCUT2D eigenvalue weighted by Crippen LogP contribution is -2.14. The Labute approximate surface area is 167 Å². The molecule has 0 spiro atoms. The number of unbranched alkanes of at least 4 members (excludes halogenated alkanes) is 2. The molecule has 1 fully saturated rings. The molecule has 1 heterocycles. The molecule has 3 nitrogen and oxygen atoms in total. The van der Waals surface area contributed by atoms with E-state index in [1.54, 1.807) is 6.07 Å². The number of hydrogen-bond donors (Lipinski definition) is 0. The molecule has 0 saturated heterocycles. The fourth-order valence-electron chi connectivity index (χ4n) is 3.97. The van der Waals surface area contributed by atoms with Crippen molar-refractivity contribution in [2.45, 2.75) is 64.2 Å². The molecule has 144 valence electrons. The van der Waals surface area contributed by atoms with Crippen molar-refractivity contribution < 1.29 is 9.53 Å². The van der Waals surface area contributed by atoms with Crippen LogP contribution in [0.2, 0.25) is 5.02 Å². The molecule has 1 aliphatic carbocycles. The molecule has 1 saturated carbocycles. The SMILES string of the molecule is CCCCCC1CCC(c2ccc(C(=O)Oc3cncc(Cl)c3)cc2)CC1. The van der Waals surface area contributed by atoms with Gasteiger partial charge in [-0.3, -0.25) is 4.98 Å². The molecular weight excluding hydrogens is 358 g/mol. The number of ether oxygens (including phenoxy) is 1. The predicted octanol–water partition coefficient (Wildman–Crippen LogP) is 6.81. The highest BCUT2D eigenvalue weighted by molar-refractivity contribution is 6.30. The molecule has 0 amide bonds. The number of aromatic nitrogens is 1. The third-order valence-corrected chi connectivity index (χ3v) is 5.78. The average molecular weight is 386 g/mol. The predicted molar refractivity (Wildman–Crippen MR) is 109 cm³/mol. The van der Waals surface area contributed by atoms with E-state index in [1.807, 2.05) is 12.1 Å². The van der Waals surface area contributed by atoms with Gasteiger partial charge in [0.05, 0.1) is 16.8 Å². The maximum atomic E-state index is 12.3. The lowest BCUT2D eigenvalue weighted by molar-refractivity contribution is 0.0734. The van der Waals surface area contributed by atoms with E-state index in [0.717, 1.165) is 5.92 Å². The molecule has 3 rings (SSSR count). The second kappa shape index (κ2) is 9.89. The van der Waals surface area contributed by atoms with Crippen LogP contribution in [0.5, 0.6) is 5.75 Å². The highest BCUT2D eigenvalue weighted by Crippen LogP contribution is 2.37. The molecule has 0 aliphatic heterocycles. The molecule has 1 aromatic carbocycles. The van der Waals surface area contributed by atoms with Gasteiger partial charge in [-0.1, -0.05) is 56.3 Å². The Balaban J connectivity index is 1.52. The van der Waals surface area contributed by atoms with Crippen LogP contribution >= 0.6 is 11.6 Å². The molecule has 0 unspecified atom stereocenters. The first kappa shape index (κ1) is 19.9. The largest absolute Gasteiger partial charge is 0.421 e. The summed E-state index contributed by atoms with van der Waals surface area (Å²) in [5, 5.41) is 0.445. The maximum absolute atomic E-state index is 12.3. The Morgan fingerprint density at radius 2 is 1.85 bits per heavy atom. The molecule has 27 heavy (non-hydrogen) atoms. The number of pyridine rings is 1. The Bertz CT molecular complexity index is 736. The molecular formula is C23H28ClNO2. The number of benzene rings is 1. The second-order valence-corrected chi connectivity index (χ2v) is 8.00. The number of carbonyl (C=O) groups excluding carboxylic acids is 1. The van der Waals surface area contributed by atoms with Crippen molar-refractivity contribution in [1.82, 2.24) is 4.98 Å². The quantitative estimate of drug-likeness (QED) is 0.388. The van der Waals surface area contributed by atoms with Crippen LogP contribution in [0.1, 0.15) is 80.1 Å². The minimum absolute atomic E-state index is 0.359. The standard InChI is InChI=1S/C23H28ClNO2/c1-2-3-4-5-17-6-8-18(9-7-17)19-10-12-20(13-11-19)23(26)27-22-14-21(24)15-25-16-22/h10-18H,2-9H2,1H3. The molecule has 0 N–H and O–H groups in total. The number of esters is 1. The zero-order chi connectivity index (χ0) is 19.1. The van der Waals surface area contributed by atoms with Gasteiger partial charge >= 0.3 is 5.97 Å². The van der Waals surface area contributed by atoms with Gasteiger partial charge < -0.3 is 4.74 Å². The van der Waals surface area contributed by atoms with Gasteiger partial charge in [0, 0.05) is 12.3 Å². The van der Waals surface area contributed by atoms with Crippen molar-refractivity contribution in [2.75, 3.05) is 0 Å². The molecule has 0 radical (unpaired) electrons. The Kier molecular flexibility index (Phi) is 7.28. The van der Waals surface area contributed by atoms with Gasteiger partial charge in [0.1, 0.15) is 0 Å². The van der Waals surface area contributed by atoms with Crippen molar-refractivity contribution in [3.05, 3.63) is 58.9 Å². The summed E-state index contributed by atoms with van der Waals surface area (Å²) < 4.78 is 5.34. The summed E-state index contributed by atoms with van der Waals surface area (Å²) >= 11 is 5.87. The Hall–Kier alpha value is -1.87. The average Bonchev–Trinajstić information content (AvgIpc) is 2.69. The normalized spacial score (nSPS) is 19.6. The highest BCUT2D eigenvalue weighted by atomic mass is 35.5. The van der Waals surface area contributed by atoms with Crippen molar-refractivity contribution in [1.29, 1.82) is 0 Å². The molecule has 2 aromatic rings. The van der Waals surface area contributed by atoms with Gasteiger partial charge in [0.25, 0.3) is 0 Å². The third kappa shape index (κ3) is 5.80. The summed E-state index contributed by atoms with van der Waals surface area (Å²) in [6.07, 6.45) is 13.6. The zero-order valence-electron chi connectivity index (χ0n) is 16.0. The number of rotatable bonds is 7. The first-order valence-corrected chi connectivity index (χ1v) is 10.5. The van der Waals surface area contributed by atoms with Gasteiger partial charge in [-0.15, -0.1) is 0 Å². The zero-order valence-corrected chi connectivity index (χ0v) is 16.8. The van der Waals surface area contributed by atoms with E-state index < -0.39 is 0 Å². The summed E-state index contributed by atoms with van der Waals surface area (Å²) in [5.74, 6) is 1.51. The van der Waals surface area contributed by atoms with Crippen molar-refractivity contribution in [3.63, 3.8) is 0 Å². The lowest BCUT2D eigenvalue weighted by Gasteiger charge is -2.29. The first-order chi connectivity index (χ1) is 13.2. The van der Waals surface area contributed by atoms with Gasteiger partial charge in [0.15, 0.2) is 5.75 Å². The Morgan fingerprint density at radius 1 is 1.11 bits per heavy atom. The van der Waals surface area contributed by atoms with Crippen molar-refractivity contribution in [2.24, 2.45) is 5.92 Å².